The van der Waals surface area contributed by atoms with Crippen LogP contribution in [0.5, 0.6) is 0 Å². The first kappa shape index (κ1) is 16.3. The summed E-state index contributed by atoms with van der Waals surface area (Å²) in [7, 11) is -3.49. The lowest BCUT2D eigenvalue weighted by molar-refractivity contribution is 0.306. The molecule has 0 spiro atoms. The van der Waals surface area contributed by atoms with E-state index in [1.165, 1.54) is 0 Å². The van der Waals surface area contributed by atoms with E-state index >= 15 is 0 Å². The van der Waals surface area contributed by atoms with E-state index in [9.17, 15) is 8.42 Å². The monoisotopic (exact) mass is 311 g/mol. The SMILES string of the molecule is CCCC1(N)CN(c2ccccc2S(=O)(=O)NC(C)C)C1. The van der Waals surface area contributed by atoms with Crippen LogP contribution in [0, 0.1) is 0 Å². The zero-order valence-electron chi connectivity index (χ0n) is 13.0. The van der Waals surface area contributed by atoms with Gasteiger partial charge in [-0.2, -0.15) is 0 Å². The maximum absolute atomic E-state index is 12.4. The molecule has 2 rings (SSSR count). The average molecular weight is 311 g/mol. The molecule has 1 fully saturated rings. The van der Waals surface area contributed by atoms with Crippen LogP contribution in [-0.4, -0.2) is 33.1 Å². The summed E-state index contributed by atoms with van der Waals surface area (Å²) in [6.07, 6.45) is 2.00. The molecule has 0 radical (unpaired) electrons. The molecule has 0 amide bonds. The Balaban J connectivity index is 2.24. The van der Waals surface area contributed by atoms with Crippen LogP contribution in [0.3, 0.4) is 0 Å². The topological polar surface area (TPSA) is 75.4 Å². The van der Waals surface area contributed by atoms with Crippen LogP contribution < -0.4 is 15.4 Å². The Bertz CT molecular complexity index is 593. The van der Waals surface area contributed by atoms with Crippen molar-refractivity contribution < 1.29 is 8.42 Å². The molecule has 0 saturated carbocycles. The van der Waals surface area contributed by atoms with Crippen molar-refractivity contribution in [3.63, 3.8) is 0 Å². The maximum Gasteiger partial charge on any atom is 0.242 e. The standard InChI is InChI=1S/C15H25N3O2S/c1-4-9-15(16)10-18(11-15)13-7-5-6-8-14(13)21(19,20)17-12(2)3/h5-8,12,17H,4,9-11,16H2,1-3H3. The minimum absolute atomic E-state index is 0.131. The molecule has 1 aliphatic heterocycles. The predicted octanol–water partition coefficient (Wildman–Crippen LogP) is 1.69. The molecule has 1 aromatic carbocycles. The minimum atomic E-state index is -3.49. The molecule has 3 N–H and O–H groups in total. The van der Waals surface area contributed by atoms with E-state index in [2.05, 4.69) is 11.6 Å². The zero-order valence-corrected chi connectivity index (χ0v) is 13.8. The van der Waals surface area contributed by atoms with E-state index in [-0.39, 0.29) is 11.6 Å². The molecular formula is C15H25N3O2S. The summed E-state index contributed by atoms with van der Waals surface area (Å²) in [6.45, 7) is 7.15. The average Bonchev–Trinajstić information content (AvgIpc) is 2.34. The molecule has 1 aromatic rings. The molecule has 1 heterocycles. The van der Waals surface area contributed by atoms with Gasteiger partial charge in [-0.1, -0.05) is 25.5 Å². The summed E-state index contributed by atoms with van der Waals surface area (Å²) in [5.41, 5.74) is 6.83. The molecule has 0 atom stereocenters. The van der Waals surface area contributed by atoms with Gasteiger partial charge in [0.15, 0.2) is 0 Å². The minimum Gasteiger partial charge on any atom is -0.367 e. The van der Waals surface area contributed by atoms with Crippen LogP contribution >= 0.6 is 0 Å². The third kappa shape index (κ3) is 3.56. The van der Waals surface area contributed by atoms with Gasteiger partial charge in [0.05, 0.1) is 11.2 Å². The molecule has 21 heavy (non-hydrogen) atoms. The molecule has 118 valence electrons. The van der Waals surface area contributed by atoms with Gasteiger partial charge in [-0.05, 0) is 32.4 Å². The van der Waals surface area contributed by atoms with Gasteiger partial charge < -0.3 is 10.6 Å². The van der Waals surface area contributed by atoms with Gasteiger partial charge in [-0.25, -0.2) is 13.1 Å². The largest absolute Gasteiger partial charge is 0.367 e. The molecule has 5 nitrogen and oxygen atoms in total. The van der Waals surface area contributed by atoms with Crippen molar-refractivity contribution in [1.82, 2.24) is 4.72 Å². The van der Waals surface area contributed by atoms with Crippen LogP contribution in [-0.2, 0) is 10.0 Å². The van der Waals surface area contributed by atoms with Crippen LogP contribution in [0.15, 0.2) is 29.2 Å². The molecule has 0 aliphatic carbocycles. The molecule has 0 unspecified atom stereocenters. The van der Waals surface area contributed by atoms with Crippen molar-refractivity contribution >= 4 is 15.7 Å². The van der Waals surface area contributed by atoms with Gasteiger partial charge in [0.2, 0.25) is 10.0 Å². The zero-order chi connectivity index (χ0) is 15.7. The van der Waals surface area contributed by atoms with Gasteiger partial charge in [0, 0.05) is 19.1 Å². The quantitative estimate of drug-likeness (QED) is 0.838. The van der Waals surface area contributed by atoms with E-state index in [1.807, 2.05) is 30.9 Å². The van der Waals surface area contributed by atoms with Gasteiger partial charge in [0.1, 0.15) is 4.90 Å². The Morgan fingerprint density at radius 2 is 1.95 bits per heavy atom. The number of nitrogens with zero attached hydrogens (tertiary/aromatic N) is 1. The number of hydrogen-bond acceptors (Lipinski definition) is 4. The molecular weight excluding hydrogens is 286 g/mol. The van der Waals surface area contributed by atoms with Gasteiger partial charge in [-0.3, -0.25) is 0 Å². The highest BCUT2D eigenvalue weighted by atomic mass is 32.2. The molecule has 0 bridgehead atoms. The summed E-state index contributed by atoms with van der Waals surface area (Å²) < 4.78 is 27.5. The number of nitrogens with two attached hydrogens (primary N) is 1. The van der Waals surface area contributed by atoms with E-state index in [0.29, 0.717) is 18.0 Å². The van der Waals surface area contributed by atoms with Crippen molar-refractivity contribution in [1.29, 1.82) is 0 Å². The molecule has 6 heteroatoms. The highest BCUT2D eigenvalue weighted by Crippen LogP contribution is 2.33. The third-order valence-electron chi connectivity index (χ3n) is 3.65. The van der Waals surface area contributed by atoms with Crippen LogP contribution in [0.2, 0.25) is 0 Å². The first-order valence-corrected chi connectivity index (χ1v) is 8.91. The highest BCUT2D eigenvalue weighted by Gasteiger charge is 2.40. The van der Waals surface area contributed by atoms with Crippen LogP contribution in [0.25, 0.3) is 0 Å². The third-order valence-corrected chi connectivity index (χ3v) is 5.35. The number of rotatable bonds is 6. The van der Waals surface area contributed by atoms with Crippen LogP contribution in [0.4, 0.5) is 5.69 Å². The van der Waals surface area contributed by atoms with Crippen molar-refractivity contribution in [3.8, 4) is 0 Å². The number of benzene rings is 1. The van der Waals surface area contributed by atoms with Crippen LogP contribution in [0.1, 0.15) is 33.6 Å². The highest BCUT2D eigenvalue weighted by molar-refractivity contribution is 7.89. The Kier molecular flexibility index (Phi) is 4.60. The van der Waals surface area contributed by atoms with Gasteiger partial charge >= 0.3 is 0 Å². The van der Waals surface area contributed by atoms with E-state index in [1.54, 1.807) is 12.1 Å². The summed E-state index contributed by atoms with van der Waals surface area (Å²) in [6, 6.07) is 6.98. The summed E-state index contributed by atoms with van der Waals surface area (Å²) in [4.78, 5) is 2.38. The van der Waals surface area contributed by atoms with Crippen molar-refractivity contribution in [2.24, 2.45) is 5.73 Å². The van der Waals surface area contributed by atoms with Crippen molar-refractivity contribution in [2.45, 2.75) is 50.1 Å². The maximum atomic E-state index is 12.4. The lowest BCUT2D eigenvalue weighted by atomic mass is 9.86. The predicted molar refractivity (Wildman–Crippen MR) is 85.9 cm³/mol. The fraction of sp³-hybridized carbons (Fsp3) is 0.600. The number of hydrogen-bond donors (Lipinski definition) is 2. The first-order chi connectivity index (χ1) is 9.77. The Morgan fingerprint density at radius 1 is 1.33 bits per heavy atom. The number of para-hydroxylation sites is 1. The number of anilines is 1. The number of nitrogens with one attached hydrogen (secondary N) is 1. The lowest BCUT2D eigenvalue weighted by Crippen LogP contribution is -2.67. The Hall–Kier alpha value is -1.11. The second-order valence-electron chi connectivity index (χ2n) is 6.21. The van der Waals surface area contributed by atoms with Crippen molar-refractivity contribution in [3.05, 3.63) is 24.3 Å². The van der Waals surface area contributed by atoms with E-state index in [0.717, 1.165) is 18.5 Å². The fourth-order valence-electron chi connectivity index (χ4n) is 2.86. The summed E-state index contributed by atoms with van der Waals surface area (Å²) >= 11 is 0. The summed E-state index contributed by atoms with van der Waals surface area (Å²) in [5.74, 6) is 0. The number of sulfonamides is 1. The Labute approximate surface area is 127 Å². The van der Waals surface area contributed by atoms with E-state index in [4.69, 9.17) is 5.73 Å². The Morgan fingerprint density at radius 3 is 2.52 bits per heavy atom. The second-order valence-corrected chi connectivity index (χ2v) is 7.89. The normalized spacial score (nSPS) is 17.9. The smallest absolute Gasteiger partial charge is 0.242 e. The molecule has 0 aromatic heterocycles. The van der Waals surface area contributed by atoms with Crippen molar-refractivity contribution in [2.75, 3.05) is 18.0 Å². The first-order valence-electron chi connectivity index (χ1n) is 7.42. The molecule has 1 saturated heterocycles. The second kappa shape index (κ2) is 5.94. The fourth-order valence-corrected chi connectivity index (χ4v) is 4.34. The lowest BCUT2D eigenvalue weighted by Gasteiger charge is -2.49. The molecule has 1 aliphatic rings. The van der Waals surface area contributed by atoms with Gasteiger partial charge in [-0.15, -0.1) is 0 Å². The summed E-state index contributed by atoms with van der Waals surface area (Å²) in [5, 5.41) is 0. The van der Waals surface area contributed by atoms with E-state index < -0.39 is 10.0 Å². The van der Waals surface area contributed by atoms with Gasteiger partial charge in [0.25, 0.3) is 0 Å².